The third-order valence-electron chi connectivity index (χ3n) is 6.84. The van der Waals surface area contributed by atoms with E-state index in [1.807, 2.05) is 0 Å². The summed E-state index contributed by atoms with van der Waals surface area (Å²) in [6.07, 6.45) is 0. The summed E-state index contributed by atoms with van der Waals surface area (Å²) < 4.78 is 17.8. The normalized spacial score (nSPS) is 12.5. The molecule has 24 heteroatoms. The van der Waals surface area contributed by atoms with Crippen LogP contribution in [-0.2, 0) is 28.5 Å². The van der Waals surface area contributed by atoms with Crippen LogP contribution < -0.4 is 0 Å². The lowest BCUT2D eigenvalue weighted by atomic mass is 9.85. The summed E-state index contributed by atoms with van der Waals surface area (Å²) in [5, 5.41) is 57.1. The summed E-state index contributed by atoms with van der Waals surface area (Å²) in [6.45, 7) is -2.60. The number of aromatic carboxylic acids is 4. The summed E-state index contributed by atoms with van der Waals surface area (Å²) in [4.78, 5) is 172. The van der Waals surface area contributed by atoms with Crippen LogP contribution in [0.4, 0.5) is 0 Å². The molecule has 0 bridgehead atoms. The number of carboxylic acid groups (broad SMARTS) is 6. The Kier molecular flexibility index (Phi) is 9.18. The fraction of sp³-hybridized carbons (Fsp3) is 0.0714. The van der Waals surface area contributed by atoms with Gasteiger partial charge in [-0.3, -0.25) is 9.59 Å². The largest absolute Gasteiger partial charge is 0.478 e. The Morgan fingerprint density at radius 3 is 0.865 bits per heavy atom. The van der Waals surface area contributed by atoms with Crippen LogP contribution in [0.3, 0.4) is 0 Å². The lowest BCUT2D eigenvalue weighted by Gasteiger charge is -2.16. The molecule has 4 rings (SSSR count). The zero-order chi connectivity index (χ0) is 39.3. The number of ether oxygens (including phenoxy) is 4. The second-order valence-corrected chi connectivity index (χ2v) is 9.61. The molecule has 0 spiro atoms. The molecule has 0 fully saturated rings. The van der Waals surface area contributed by atoms with Gasteiger partial charge in [0.15, 0.2) is 0 Å². The van der Waals surface area contributed by atoms with E-state index in [4.69, 9.17) is 0 Å². The van der Waals surface area contributed by atoms with Gasteiger partial charge in [-0.25, -0.2) is 57.5 Å². The van der Waals surface area contributed by atoms with Crippen LogP contribution in [0.1, 0.15) is 124 Å². The number of rotatable bonds is 13. The summed E-state index contributed by atoms with van der Waals surface area (Å²) in [5.41, 5.74) is -19.2. The molecule has 2 aliphatic rings. The molecule has 0 amide bonds. The van der Waals surface area contributed by atoms with Crippen molar-refractivity contribution in [2.75, 3.05) is 13.2 Å². The van der Waals surface area contributed by atoms with E-state index in [9.17, 15) is 97.8 Å². The third kappa shape index (κ3) is 5.67. The summed E-state index contributed by atoms with van der Waals surface area (Å²) >= 11 is 0. The SMILES string of the molecule is O=C(O)C(=O)c1c(C(=O)O)c(C(=O)OCCOC(=O)c2c(C(=O)O)c(C(=O)C(=O)O)c(C(=O)O)c3c2C(=O)OC3=O)c2c(c1C(=O)O)C(=O)OC2=O. The van der Waals surface area contributed by atoms with Crippen LogP contribution in [-0.4, -0.2) is 127 Å². The van der Waals surface area contributed by atoms with E-state index in [2.05, 4.69) is 18.9 Å². The highest BCUT2D eigenvalue weighted by Gasteiger charge is 2.48. The third-order valence-corrected chi connectivity index (χ3v) is 6.84. The van der Waals surface area contributed by atoms with Gasteiger partial charge in [0.1, 0.15) is 13.2 Å². The molecule has 6 N–H and O–H groups in total. The van der Waals surface area contributed by atoms with Crippen molar-refractivity contribution in [3.63, 3.8) is 0 Å². The van der Waals surface area contributed by atoms with Gasteiger partial charge in [-0.15, -0.1) is 0 Å². The second-order valence-electron chi connectivity index (χ2n) is 9.61. The highest BCUT2D eigenvalue weighted by Crippen LogP contribution is 2.36. The molecule has 2 aromatic rings. The molecule has 2 aromatic carbocycles. The van der Waals surface area contributed by atoms with Crippen LogP contribution >= 0.6 is 0 Å². The van der Waals surface area contributed by atoms with Crippen LogP contribution in [0, 0.1) is 0 Å². The van der Waals surface area contributed by atoms with Crippen LogP contribution in [0.25, 0.3) is 0 Å². The molecule has 2 heterocycles. The zero-order valence-electron chi connectivity index (χ0n) is 24.4. The van der Waals surface area contributed by atoms with E-state index >= 15 is 0 Å². The number of esters is 6. The number of fused-ring (bicyclic) bond motifs is 2. The van der Waals surface area contributed by atoms with Crippen molar-refractivity contribution in [1.29, 1.82) is 0 Å². The minimum Gasteiger partial charge on any atom is -0.478 e. The summed E-state index contributed by atoms with van der Waals surface area (Å²) in [7, 11) is 0. The predicted octanol–water partition coefficient (Wildman–Crippen LogP) is -1.35. The van der Waals surface area contributed by atoms with Gasteiger partial charge in [-0.1, -0.05) is 0 Å². The number of Topliss-reactive ketones (excluding diaryl/α,β-unsaturated/α-hetero) is 2. The first-order valence-electron chi connectivity index (χ1n) is 13.0. The maximum Gasteiger partial charge on any atom is 0.377 e. The van der Waals surface area contributed by atoms with Gasteiger partial charge in [-0.05, 0) is 0 Å². The van der Waals surface area contributed by atoms with Gasteiger partial charge in [0.25, 0.3) is 11.6 Å². The molecule has 0 radical (unpaired) electrons. The van der Waals surface area contributed by atoms with Gasteiger partial charge in [-0.2, -0.15) is 0 Å². The highest BCUT2D eigenvalue weighted by atomic mass is 16.6. The van der Waals surface area contributed by atoms with Crippen molar-refractivity contribution >= 4 is 83.2 Å². The number of hydrogen-bond donors (Lipinski definition) is 6. The molecular formula is C28H10O24. The zero-order valence-corrected chi connectivity index (χ0v) is 24.4. The second kappa shape index (κ2) is 13.0. The number of carbonyl (C=O) groups excluding carboxylic acids is 8. The topological polar surface area (TPSA) is 397 Å². The van der Waals surface area contributed by atoms with Gasteiger partial charge in [0.2, 0.25) is 0 Å². The fourth-order valence-electron chi connectivity index (χ4n) is 5.03. The Bertz CT molecular complexity index is 2090. The van der Waals surface area contributed by atoms with Gasteiger partial charge in [0.05, 0.1) is 66.8 Å². The number of cyclic esters (lactones) is 4. The van der Waals surface area contributed by atoms with Crippen molar-refractivity contribution in [3.05, 3.63) is 66.8 Å². The average Bonchev–Trinajstić information content (AvgIpc) is 3.51. The molecule has 0 unspecified atom stereocenters. The minimum atomic E-state index is -2.49. The Morgan fingerprint density at radius 1 is 0.385 bits per heavy atom. The Balaban J connectivity index is 1.79. The van der Waals surface area contributed by atoms with Crippen molar-refractivity contribution < 1.29 is 117 Å². The lowest BCUT2D eigenvalue weighted by Crippen LogP contribution is -2.29. The van der Waals surface area contributed by atoms with Crippen molar-refractivity contribution in [2.24, 2.45) is 0 Å². The van der Waals surface area contributed by atoms with Crippen LogP contribution in [0.2, 0.25) is 0 Å². The highest BCUT2D eigenvalue weighted by molar-refractivity contribution is 6.45. The summed E-state index contributed by atoms with van der Waals surface area (Å²) in [5.74, 6) is -30.5. The van der Waals surface area contributed by atoms with E-state index in [0.717, 1.165) is 0 Å². The number of benzene rings is 2. The minimum absolute atomic E-state index is 1.30. The first kappa shape index (κ1) is 36.7. The molecule has 0 aromatic heterocycles. The van der Waals surface area contributed by atoms with Crippen molar-refractivity contribution in [2.45, 2.75) is 0 Å². The smallest absolute Gasteiger partial charge is 0.377 e. The van der Waals surface area contributed by atoms with E-state index in [-0.39, 0.29) is 0 Å². The first-order chi connectivity index (χ1) is 24.2. The lowest BCUT2D eigenvalue weighted by molar-refractivity contribution is -0.132. The standard InChI is InChI=1S/C28H10O24/c29-15(21(39)40)3-5(17(31)32)9(13-11(7(3)19(35)36)25(45)51-27(13)47)23(43)49-1-2-50-24(44)10-6(18(33)34)4(16(30)22(41)42)8(20(37)38)12-14(10)28(48)52-26(12)46/h1-2H2,(H,31,32)(H,33,34)(H,35,36)(H,37,38)(H,39,40)(H,41,42). The van der Waals surface area contributed by atoms with E-state index in [1.54, 1.807) is 0 Å². The molecule has 2 aliphatic heterocycles. The molecule has 52 heavy (non-hydrogen) atoms. The van der Waals surface area contributed by atoms with Gasteiger partial charge < -0.3 is 49.6 Å². The van der Waals surface area contributed by atoms with Crippen LogP contribution in [0.15, 0.2) is 0 Å². The molecule has 24 nitrogen and oxygen atoms in total. The molecular weight excluding hydrogens is 720 g/mol. The number of carbonyl (C=O) groups is 14. The van der Waals surface area contributed by atoms with E-state index < -0.39 is 163 Å². The molecule has 0 saturated carbocycles. The maximum atomic E-state index is 13.1. The molecule has 0 saturated heterocycles. The monoisotopic (exact) mass is 730 g/mol. The molecule has 0 atom stereocenters. The fourth-order valence-corrected chi connectivity index (χ4v) is 5.03. The quantitative estimate of drug-likeness (QED) is 0.0346. The average molecular weight is 730 g/mol. The van der Waals surface area contributed by atoms with Gasteiger partial charge >= 0.3 is 71.6 Å². The number of aliphatic carboxylic acids is 2. The Morgan fingerprint density at radius 2 is 0.635 bits per heavy atom. The van der Waals surface area contributed by atoms with Crippen molar-refractivity contribution in [1.82, 2.24) is 0 Å². The molecule has 266 valence electrons. The Labute approximate surface area is 280 Å². The number of hydrogen-bond acceptors (Lipinski definition) is 18. The summed E-state index contributed by atoms with van der Waals surface area (Å²) in [6, 6.07) is 0. The predicted molar refractivity (Wildman–Crippen MR) is 145 cm³/mol. The van der Waals surface area contributed by atoms with Gasteiger partial charge in [0, 0.05) is 0 Å². The van der Waals surface area contributed by atoms with Crippen molar-refractivity contribution in [3.8, 4) is 0 Å². The van der Waals surface area contributed by atoms with E-state index in [1.165, 1.54) is 0 Å². The molecule has 0 aliphatic carbocycles. The maximum absolute atomic E-state index is 13.1. The first-order valence-corrected chi connectivity index (χ1v) is 13.0. The Hall–Kier alpha value is -8.18. The van der Waals surface area contributed by atoms with Crippen LogP contribution in [0.5, 0.6) is 0 Å². The number of carboxylic acids is 6. The van der Waals surface area contributed by atoms with E-state index in [0.29, 0.717) is 0 Å². The number of ketones is 2.